The van der Waals surface area contributed by atoms with Gasteiger partial charge in [0.15, 0.2) is 0 Å². The van der Waals surface area contributed by atoms with Gasteiger partial charge in [0.25, 0.3) is 0 Å². The standard InChI is InChI=1S/C15H22FN3O/c1-15(14(17)20,19-8-3-6-18-7-9-19)11-12-4-2-5-13(16)10-12/h2,4-5,10,18H,3,6-9,11H2,1H3,(H2,17,20). The first-order valence-electron chi connectivity index (χ1n) is 7.02. The van der Waals surface area contributed by atoms with E-state index in [1.54, 1.807) is 6.07 Å². The molecule has 1 saturated heterocycles. The second-order valence-electron chi connectivity index (χ2n) is 5.54. The normalized spacial score (nSPS) is 20.1. The molecule has 0 aromatic heterocycles. The smallest absolute Gasteiger partial charge is 0.238 e. The molecule has 4 nitrogen and oxygen atoms in total. The van der Waals surface area contributed by atoms with E-state index in [0.29, 0.717) is 6.42 Å². The highest BCUT2D eigenvalue weighted by molar-refractivity contribution is 5.84. The van der Waals surface area contributed by atoms with E-state index < -0.39 is 5.54 Å². The number of nitrogens with one attached hydrogen (secondary N) is 1. The number of nitrogens with zero attached hydrogens (tertiary/aromatic N) is 1. The van der Waals surface area contributed by atoms with Crippen LogP contribution in [-0.4, -0.2) is 42.5 Å². The number of nitrogens with two attached hydrogens (primary N) is 1. The van der Waals surface area contributed by atoms with Crippen molar-refractivity contribution in [3.8, 4) is 0 Å². The molecule has 1 aromatic carbocycles. The molecule has 1 aliphatic heterocycles. The molecular weight excluding hydrogens is 257 g/mol. The van der Waals surface area contributed by atoms with Crippen LogP contribution in [0.1, 0.15) is 18.9 Å². The van der Waals surface area contributed by atoms with Gasteiger partial charge in [0, 0.05) is 19.6 Å². The molecule has 1 fully saturated rings. The van der Waals surface area contributed by atoms with Gasteiger partial charge in [0.2, 0.25) is 5.91 Å². The highest BCUT2D eigenvalue weighted by Crippen LogP contribution is 2.22. The molecular formula is C15H22FN3O. The van der Waals surface area contributed by atoms with Crippen LogP contribution in [0.2, 0.25) is 0 Å². The predicted molar refractivity (Wildman–Crippen MR) is 76.8 cm³/mol. The third kappa shape index (κ3) is 3.35. The van der Waals surface area contributed by atoms with Crippen molar-refractivity contribution < 1.29 is 9.18 Å². The molecule has 1 amide bonds. The fraction of sp³-hybridized carbons (Fsp3) is 0.533. The summed E-state index contributed by atoms with van der Waals surface area (Å²) in [5, 5.41) is 3.31. The Morgan fingerprint density at radius 1 is 1.45 bits per heavy atom. The summed E-state index contributed by atoms with van der Waals surface area (Å²) >= 11 is 0. The van der Waals surface area contributed by atoms with Crippen LogP contribution in [0.5, 0.6) is 0 Å². The molecule has 5 heteroatoms. The van der Waals surface area contributed by atoms with Crippen molar-refractivity contribution in [1.82, 2.24) is 10.2 Å². The van der Waals surface area contributed by atoms with E-state index in [1.165, 1.54) is 12.1 Å². The SMILES string of the molecule is CC(Cc1cccc(F)c1)(C(N)=O)N1CCCNCC1. The molecule has 0 spiro atoms. The summed E-state index contributed by atoms with van der Waals surface area (Å²) in [6.45, 7) is 5.24. The maximum atomic E-state index is 13.3. The van der Waals surface area contributed by atoms with Crippen LogP contribution in [0.4, 0.5) is 4.39 Å². The van der Waals surface area contributed by atoms with Crippen molar-refractivity contribution in [1.29, 1.82) is 0 Å². The fourth-order valence-electron chi connectivity index (χ4n) is 2.74. The van der Waals surface area contributed by atoms with Crippen molar-refractivity contribution in [3.63, 3.8) is 0 Å². The molecule has 1 atom stereocenters. The molecule has 1 unspecified atom stereocenters. The van der Waals surface area contributed by atoms with Gasteiger partial charge in [0.1, 0.15) is 11.4 Å². The predicted octanol–water partition coefficient (Wildman–Crippen LogP) is 0.907. The Morgan fingerprint density at radius 2 is 2.25 bits per heavy atom. The lowest BCUT2D eigenvalue weighted by Crippen LogP contribution is -2.57. The summed E-state index contributed by atoms with van der Waals surface area (Å²) in [6.07, 6.45) is 1.41. The van der Waals surface area contributed by atoms with Crippen LogP contribution < -0.4 is 11.1 Å². The van der Waals surface area contributed by atoms with Gasteiger partial charge in [-0.05, 0) is 44.0 Å². The van der Waals surface area contributed by atoms with Crippen LogP contribution in [0.25, 0.3) is 0 Å². The topological polar surface area (TPSA) is 58.4 Å². The van der Waals surface area contributed by atoms with Crippen LogP contribution in [0.15, 0.2) is 24.3 Å². The van der Waals surface area contributed by atoms with E-state index in [-0.39, 0.29) is 11.7 Å². The lowest BCUT2D eigenvalue weighted by atomic mass is 9.89. The largest absolute Gasteiger partial charge is 0.368 e. The maximum Gasteiger partial charge on any atom is 0.238 e. The van der Waals surface area contributed by atoms with Gasteiger partial charge in [-0.3, -0.25) is 9.69 Å². The summed E-state index contributed by atoms with van der Waals surface area (Å²) in [5.74, 6) is -0.643. The monoisotopic (exact) mass is 279 g/mol. The lowest BCUT2D eigenvalue weighted by Gasteiger charge is -2.38. The first-order chi connectivity index (χ1) is 9.52. The maximum absolute atomic E-state index is 13.3. The molecule has 20 heavy (non-hydrogen) atoms. The Labute approximate surface area is 119 Å². The summed E-state index contributed by atoms with van der Waals surface area (Å²) in [6, 6.07) is 6.37. The molecule has 1 aromatic rings. The second-order valence-corrected chi connectivity index (χ2v) is 5.54. The Balaban J connectivity index is 2.22. The van der Waals surface area contributed by atoms with E-state index in [4.69, 9.17) is 5.73 Å². The zero-order valence-electron chi connectivity index (χ0n) is 11.9. The van der Waals surface area contributed by atoms with E-state index in [0.717, 1.165) is 38.2 Å². The van der Waals surface area contributed by atoms with Gasteiger partial charge >= 0.3 is 0 Å². The summed E-state index contributed by atoms with van der Waals surface area (Å²) in [7, 11) is 0. The molecule has 0 radical (unpaired) electrons. The number of halogens is 1. The third-order valence-corrected chi connectivity index (χ3v) is 4.01. The Morgan fingerprint density at radius 3 is 2.95 bits per heavy atom. The average Bonchev–Trinajstić information content (AvgIpc) is 2.67. The molecule has 110 valence electrons. The highest BCUT2D eigenvalue weighted by atomic mass is 19.1. The number of carbonyl (C=O) groups is 1. The van der Waals surface area contributed by atoms with Crippen LogP contribution in [-0.2, 0) is 11.2 Å². The number of amides is 1. The van der Waals surface area contributed by atoms with Crippen molar-refractivity contribution in [2.75, 3.05) is 26.2 Å². The second kappa shape index (κ2) is 6.33. The Hall–Kier alpha value is -1.46. The summed E-state index contributed by atoms with van der Waals surface area (Å²) < 4.78 is 13.3. The quantitative estimate of drug-likeness (QED) is 0.861. The van der Waals surface area contributed by atoms with Crippen LogP contribution in [0, 0.1) is 5.82 Å². The summed E-state index contributed by atoms with van der Waals surface area (Å²) in [5.41, 5.74) is 5.66. The van der Waals surface area contributed by atoms with E-state index >= 15 is 0 Å². The Kier molecular flexibility index (Phi) is 4.73. The Bertz CT molecular complexity index is 472. The first kappa shape index (κ1) is 14.9. The number of benzene rings is 1. The van der Waals surface area contributed by atoms with Gasteiger partial charge in [-0.2, -0.15) is 0 Å². The molecule has 0 bridgehead atoms. The minimum absolute atomic E-state index is 0.285. The molecule has 0 aliphatic carbocycles. The fourth-order valence-corrected chi connectivity index (χ4v) is 2.74. The summed E-state index contributed by atoms with van der Waals surface area (Å²) in [4.78, 5) is 14.1. The first-order valence-corrected chi connectivity index (χ1v) is 7.02. The van der Waals surface area contributed by atoms with Crippen molar-refractivity contribution in [3.05, 3.63) is 35.6 Å². The van der Waals surface area contributed by atoms with Gasteiger partial charge < -0.3 is 11.1 Å². The molecule has 3 N–H and O–H groups in total. The van der Waals surface area contributed by atoms with E-state index in [9.17, 15) is 9.18 Å². The lowest BCUT2D eigenvalue weighted by molar-refractivity contribution is -0.129. The zero-order valence-corrected chi connectivity index (χ0v) is 11.9. The average molecular weight is 279 g/mol. The van der Waals surface area contributed by atoms with Gasteiger partial charge in [-0.25, -0.2) is 4.39 Å². The zero-order chi connectivity index (χ0) is 14.6. The van der Waals surface area contributed by atoms with Gasteiger partial charge in [-0.15, -0.1) is 0 Å². The van der Waals surface area contributed by atoms with Gasteiger partial charge in [-0.1, -0.05) is 12.1 Å². The number of primary amides is 1. The minimum atomic E-state index is -0.778. The molecule has 2 rings (SSSR count). The number of hydrogen-bond acceptors (Lipinski definition) is 3. The molecule has 1 aliphatic rings. The molecule has 0 saturated carbocycles. The van der Waals surface area contributed by atoms with Crippen molar-refractivity contribution in [2.45, 2.75) is 25.3 Å². The van der Waals surface area contributed by atoms with Crippen LogP contribution >= 0.6 is 0 Å². The highest BCUT2D eigenvalue weighted by Gasteiger charge is 2.37. The van der Waals surface area contributed by atoms with Crippen molar-refractivity contribution >= 4 is 5.91 Å². The molecule has 1 heterocycles. The third-order valence-electron chi connectivity index (χ3n) is 4.01. The number of rotatable bonds is 4. The van der Waals surface area contributed by atoms with E-state index in [1.807, 2.05) is 13.0 Å². The van der Waals surface area contributed by atoms with Crippen molar-refractivity contribution in [2.24, 2.45) is 5.73 Å². The van der Waals surface area contributed by atoms with Gasteiger partial charge in [0.05, 0.1) is 0 Å². The van der Waals surface area contributed by atoms with E-state index in [2.05, 4.69) is 10.2 Å². The number of carbonyl (C=O) groups excluding carboxylic acids is 1. The number of hydrogen-bond donors (Lipinski definition) is 2. The minimum Gasteiger partial charge on any atom is -0.368 e. The van der Waals surface area contributed by atoms with Crippen LogP contribution in [0.3, 0.4) is 0 Å².